The molecule has 0 aliphatic rings. The first-order chi connectivity index (χ1) is 7.12. The molecule has 1 aromatic carbocycles. The topological polar surface area (TPSA) is 0 Å². The summed E-state index contributed by atoms with van der Waals surface area (Å²) in [5.41, 5.74) is 3.40. The maximum Gasteiger partial charge on any atom is -0.00646 e. The average Bonchev–Trinajstić information content (AvgIpc) is 2.03. The average molecular weight is 234 g/mol. The van der Waals surface area contributed by atoms with Crippen molar-refractivity contribution in [3.8, 4) is 0 Å². The van der Waals surface area contributed by atoms with Gasteiger partial charge in [0, 0.05) is 0 Å². The summed E-state index contributed by atoms with van der Waals surface area (Å²) in [5.74, 6) is 0.584. The molecule has 0 N–H and O–H groups in total. The van der Waals surface area contributed by atoms with Crippen LogP contribution in [0.1, 0.15) is 66.0 Å². The lowest BCUT2D eigenvalue weighted by Crippen LogP contribution is -2.30. The van der Waals surface area contributed by atoms with Gasteiger partial charge in [0.25, 0.3) is 0 Å². The van der Waals surface area contributed by atoms with E-state index in [0.717, 1.165) is 0 Å². The molecule has 0 saturated heterocycles. The van der Waals surface area contributed by atoms with Crippen LogP contribution in [0.15, 0.2) is 24.3 Å². The zero-order valence-corrected chi connectivity index (χ0v) is 11.9. The Kier molecular flexibility index (Phi) is 5.01. The van der Waals surface area contributed by atoms with Crippen LogP contribution in [0.3, 0.4) is 0 Å². The lowest BCUT2D eigenvalue weighted by molar-refractivity contribution is 0.176. The van der Waals surface area contributed by atoms with E-state index >= 15 is 0 Å². The maximum atomic E-state index is 2.34. The standard InChI is InChI=1S/C16H26.CH4/c1-12-8-10-13(11-9-12)14(15(2,3)4)16(5,6)7;/h8-11,14H,1-7H3;1H4. The minimum atomic E-state index is 0. The van der Waals surface area contributed by atoms with Gasteiger partial charge in [0.1, 0.15) is 0 Å². The predicted molar refractivity (Wildman–Crippen MR) is 79.6 cm³/mol. The van der Waals surface area contributed by atoms with E-state index in [1.165, 1.54) is 11.1 Å². The molecule has 0 radical (unpaired) electrons. The molecule has 17 heavy (non-hydrogen) atoms. The van der Waals surface area contributed by atoms with Crippen molar-refractivity contribution in [3.05, 3.63) is 35.4 Å². The van der Waals surface area contributed by atoms with Crippen molar-refractivity contribution in [1.82, 2.24) is 0 Å². The van der Waals surface area contributed by atoms with Crippen LogP contribution in [0.2, 0.25) is 0 Å². The first-order valence-electron chi connectivity index (χ1n) is 6.19. The van der Waals surface area contributed by atoms with Gasteiger partial charge in [-0.3, -0.25) is 0 Å². The lowest BCUT2D eigenvalue weighted by Gasteiger charge is -2.41. The molecule has 0 aliphatic heterocycles. The first kappa shape index (κ1) is 16.2. The molecule has 1 rings (SSSR count). The third kappa shape index (κ3) is 4.18. The van der Waals surface area contributed by atoms with Crippen molar-refractivity contribution in [2.75, 3.05) is 0 Å². The SMILES string of the molecule is C.Cc1ccc(C(C(C)(C)C)C(C)(C)C)cc1. The fraction of sp³-hybridized carbons (Fsp3) is 0.647. The monoisotopic (exact) mass is 234 g/mol. The molecule has 98 valence electrons. The van der Waals surface area contributed by atoms with Gasteiger partial charge >= 0.3 is 0 Å². The van der Waals surface area contributed by atoms with E-state index in [1.54, 1.807) is 0 Å². The summed E-state index contributed by atoms with van der Waals surface area (Å²) in [6.45, 7) is 16.2. The molecule has 0 heteroatoms. The van der Waals surface area contributed by atoms with Gasteiger partial charge in [-0.25, -0.2) is 0 Å². The van der Waals surface area contributed by atoms with Gasteiger partial charge in [-0.2, -0.15) is 0 Å². The van der Waals surface area contributed by atoms with Gasteiger partial charge in [-0.15, -0.1) is 0 Å². The molecule has 0 bridgehead atoms. The second-order valence-electron chi connectivity index (χ2n) is 7.08. The summed E-state index contributed by atoms with van der Waals surface area (Å²) >= 11 is 0. The Morgan fingerprint density at radius 1 is 0.765 bits per heavy atom. The van der Waals surface area contributed by atoms with Crippen molar-refractivity contribution in [2.24, 2.45) is 10.8 Å². The summed E-state index contributed by atoms with van der Waals surface area (Å²) in [6.07, 6.45) is 0. The molecule has 0 aromatic heterocycles. The zero-order valence-electron chi connectivity index (χ0n) is 11.9. The Balaban J connectivity index is 0.00000256. The Bertz CT molecular complexity index is 316. The summed E-state index contributed by atoms with van der Waals surface area (Å²) < 4.78 is 0. The quantitative estimate of drug-likeness (QED) is 0.575. The van der Waals surface area contributed by atoms with Crippen LogP contribution in [0, 0.1) is 17.8 Å². The molecule has 0 atom stereocenters. The molecule has 0 saturated carbocycles. The molecule has 0 spiro atoms. The van der Waals surface area contributed by atoms with E-state index in [9.17, 15) is 0 Å². The summed E-state index contributed by atoms with van der Waals surface area (Å²) in [5, 5.41) is 0. The molecule has 0 nitrogen and oxygen atoms in total. The highest BCUT2D eigenvalue weighted by molar-refractivity contribution is 5.27. The Hall–Kier alpha value is -0.780. The molecule has 0 unspecified atom stereocenters. The molecule has 0 fully saturated rings. The van der Waals surface area contributed by atoms with Gasteiger partial charge < -0.3 is 0 Å². The highest BCUT2D eigenvalue weighted by atomic mass is 14.4. The number of aryl methyl sites for hydroxylation is 1. The van der Waals surface area contributed by atoms with E-state index < -0.39 is 0 Å². The van der Waals surface area contributed by atoms with E-state index in [2.05, 4.69) is 72.7 Å². The number of benzene rings is 1. The summed E-state index contributed by atoms with van der Waals surface area (Å²) in [4.78, 5) is 0. The predicted octanol–water partition coefficient (Wildman–Crippen LogP) is 5.81. The van der Waals surface area contributed by atoms with Gasteiger partial charge in [-0.1, -0.05) is 78.8 Å². The molecule has 0 amide bonds. The molecule has 1 aromatic rings. The molecular weight excluding hydrogens is 204 g/mol. The van der Waals surface area contributed by atoms with Crippen LogP contribution >= 0.6 is 0 Å². The number of hydrogen-bond acceptors (Lipinski definition) is 0. The Morgan fingerprint density at radius 3 is 1.41 bits per heavy atom. The van der Waals surface area contributed by atoms with E-state index in [0.29, 0.717) is 16.7 Å². The van der Waals surface area contributed by atoms with Crippen molar-refractivity contribution in [1.29, 1.82) is 0 Å². The van der Waals surface area contributed by atoms with E-state index in [1.807, 2.05) is 0 Å². The van der Waals surface area contributed by atoms with E-state index in [4.69, 9.17) is 0 Å². The van der Waals surface area contributed by atoms with Gasteiger partial charge in [0.2, 0.25) is 0 Å². The van der Waals surface area contributed by atoms with Crippen LogP contribution in [-0.2, 0) is 0 Å². The Labute approximate surface area is 108 Å². The van der Waals surface area contributed by atoms with Crippen LogP contribution < -0.4 is 0 Å². The second-order valence-corrected chi connectivity index (χ2v) is 7.08. The minimum Gasteiger partial charge on any atom is -0.0776 e. The van der Waals surface area contributed by atoms with Gasteiger partial charge in [-0.05, 0) is 29.2 Å². The normalized spacial score (nSPS) is 12.5. The largest absolute Gasteiger partial charge is 0.0776 e. The van der Waals surface area contributed by atoms with Crippen LogP contribution in [0.25, 0.3) is 0 Å². The first-order valence-corrected chi connectivity index (χ1v) is 6.19. The fourth-order valence-corrected chi connectivity index (χ4v) is 3.06. The molecule has 0 heterocycles. The van der Waals surface area contributed by atoms with Crippen molar-refractivity contribution < 1.29 is 0 Å². The number of hydrogen-bond donors (Lipinski definition) is 0. The summed E-state index contributed by atoms with van der Waals surface area (Å²) in [6, 6.07) is 9.02. The highest BCUT2D eigenvalue weighted by Crippen LogP contribution is 2.47. The minimum absolute atomic E-state index is 0. The smallest absolute Gasteiger partial charge is 0.00646 e. The Morgan fingerprint density at radius 2 is 1.12 bits per heavy atom. The van der Waals surface area contributed by atoms with Crippen molar-refractivity contribution in [2.45, 2.75) is 61.8 Å². The third-order valence-electron chi connectivity index (χ3n) is 3.14. The second kappa shape index (κ2) is 5.25. The van der Waals surface area contributed by atoms with Crippen molar-refractivity contribution >= 4 is 0 Å². The maximum absolute atomic E-state index is 2.34. The molecular formula is C17H30. The van der Waals surface area contributed by atoms with Gasteiger partial charge in [0.05, 0.1) is 0 Å². The van der Waals surface area contributed by atoms with Crippen LogP contribution in [0.5, 0.6) is 0 Å². The van der Waals surface area contributed by atoms with Crippen LogP contribution in [0.4, 0.5) is 0 Å². The van der Waals surface area contributed by atoms with E-state index in [-0.39, 0.29) is 7.43 Å². The van der Waals surface area contributed by atoms with Crippen LogP contribution in [-0.4, -0.2) is 0 Å². The van der Waals surface area contributed by atoms with Gasteiger partial charge in [0.15, 0.2) is 0 Å². The number of rotatable bonds is 1. The third-order valence-corrected chi connectivity index (χ3v) is 3.14. The van der Waals surface area contributed by atoms with Crippen molar-refractivity contribution in [3.63, 3.8) is 0 Å². The summed E-state index contributed by atoms with van der Waals surface area (Å²) in [7, 11) is 0. The fourth-order valence-electron chi connectivity index (χ4n) is 3.06. The highest BCUT2D eigenvalue weighted by Gasteiger charge is 2.35. The lowest BCUT2D eigenvalue weighted by atomic mass is 9.63. The molecule has 0 aliphatic carbocycles. The zero-order chi connectivity index (χ0) is 12.6.